The molecule has 2 aromatic rings. The molecule has 106 valence electrons. The SMILES string of the molecule is N#CCc1ccc(OCC(=O)Nc2ccccc2N)cc1. The number of benzene rings is 2. The molecule has 5 nitrogen and oxygen atoms in total. The minimum Gasteiger partial charge on any atom is -0.484 e. The second-order valence-electron chi connectivity index (χ2n) is 4.40. The van der Waals surface area contributed by atoms with Crippen LogP contribution in [-0.4, -0.2) is 12.5 Å². The van der Waals surface area contributed by atoms with E-state index in [1.807, 2.05) is 0 Å². The Morgan fingerprint density at radius 1 is 1.19 bits per heavy atom. The van der Waals surface area contributed by atoms with Gasteiger partial charge in [-0.2, -0.15) is 5.26 Å². The van der Waals surface area contributed by atoms with E-state index in [1.54, 1.807) is 48.5 Å². The van der Waals surface area contributed by atoms with Gasteiger partial charge in [-0.05, 0) is 29.8 Å². The predicted molar refractivity (Wildman–Crippen MR) is 80.7 cm³/mol. The van der Waals surface area contributed by atoms with E-state index < -0.39 is 0 Å². The Morgan fingerprint density at radius 2 is 1.90 bits per heavy atom. The highest BCUT2D eigenvalue weighted by Crippen LogP contribution is 2.17. The number of nitrogens with two attached hydrogens (primary N) is 1. The van der Waals surface area contributed by atoms with Crippen molar-refractivity contribution < 1.29 is 9.53 Å². The Hall–Kier alpha value is -3.00. The fourth-order valence-corrected chi connectivity index (χ4v) is 1.74. The van der Waals surface area contributed by atoms with Gasteiger partial charge in [-0.3, -0.25) is 4.79 Å². The van der Waals surface area contributed by atoms with E-state index in [2.05, 4.69) is 11.4 Å². The molecule has 0 spiro atoms. The Morgan fingerprint density at radius 3 is 2.57 bits per heavy atom. The van der Waals surface area contributed by atoms with Crippen LogP contribution in [0.1, 0.15) is 5.56 Å². The number of amides is 1. The van der Waals surface area contributed by atoms with Crippen molar-refractivity contribution in [2.45, 2.75) is 6.42 Å². The van der Waals surface area contributed by atoms with Crippen LogP contribution in [0.5, 0.6) is 5.75 Å². The number of nitrogens with one attached hydrogen (secondary N) is 1. The molecule has 0 atom stereocenters. The molecule has 5 heteroatoms. The first-order valence-corrected chi connectivity index (χ1v) is 6.42. The van der Waals surface area contributed by atoms with E-state index in [0.717, 1.165) is 5.56 Å². The first kappa shape index (κ1) is 14.4. The molecule has 2 rings (SSSR count). The van der Waals surface area contributed by atoms with E-state index >= 15 is 0 Å². The molecule has 0 bridgehead atoms. The van der Waals surface area contributed by atoms with E-state index in [4.69, 9.17) is 15.7 Å². The topological polar surface area (TPSA) is 88.1 Å². The quantitative estimate of drug-likeness (QED) is 0.823. The number of nitrogen functional groups attached to an aromatic ring is 1. The molecular weight excluding hydrogens is 266 g/mol. The summed E-state index contributed by atoms with van der Waals surface area (Å²) in [6, 6.07) is 16.2. The van der Waals surface area contributed by atoms with E-state index in [0.29, 0.717) is 23.5 Å². The van der Waals surface area contributed by atoms with Crippen molar-refractivity contribution >= 4 is 17.3 Å². The van der Waals surface area contributed by atoms with Crippen molar-refractivity contribution in [1.29, 1.82) is 5.26 Å². The molecule has 0 radical (unpaired) electrons. The third-order valence-electron chi connectivity index (χ3n) is 2.81. The lowest BCUT2D eigenvalue weighted by Crippen LogP contribution is -2.20. The molecule has 0 saturated carbocycles. The largest absolute Gasteiger partial charge is 0.484 e. The summed E-state index contributed by atoms with van der Waals surface area (Å²) < 4.78 is 5.38. The average Bonchev–Trinajstić information content (AvgIpc) is 2.49. The number of nitrogens with zero attached hydrogens (tertiary/aromatic N) is 1. The van der Waals surface area contributed by atoms with Crippen LogP contribution < -0.4 is 15.8 Å². The van der Waals surface area contributed by atoms with Crippen LogP contribution in [0.4, 0.5) is 11.4 Å². The summed E-state index contributed by atoms with van der Waals surface area (Å²) in [5.74, 6) is 0.293. The van der Waals surface area contributed by atoms with Gasteiger partial charge in [0.05, 0.1) is 23.9 Å². The van der Waals surface area contributed by atoms with Gasteiger partial charge in [0.1, 0.15) is 5.75 Å². The first-order chi connectivity index (χ1) is 10.2. The van der Waals surface area contributed by atoms with E-state index in [1.165, 1.54) is 0 Å². The van der Waals surface area contributed by atoms with Crippen LogP contribution in [0.15, 0.2) is 48.5 Å². The van der Waals surface area contributed by atoms with Crippen LogP contribution in [0.2, 0.25) is 0 Å². The lowest BCUT2D eigenvalue weighted by Gasteiger charge is -2.09. The Labute approximate surface area is 123 Å². The number of ether oxygens (including phenoxy) is 1. The predicted octanol–water partition coefficient (Wildman–Crippen LogP) is 2.35. The summed E-state index contributed by atoms with van der Waals surface area (Å²) in [4.78, 5) is 11.8. The molecule has 0 heterocycles. The van der Waals surface area contributed by atoms with Gasteiger partial charge in [0.25, 0.3) is 5.91 Å². The van der Waals surface area contributed by atoms with Gasteiger partial charge in [0, 0.05) is 0 Å². The summed E-state index contributed by atoms with van der Waals surface area (Å²) in [6.07, 6.45) is 0.355. The van der Waals surface area contributed by atoms with Gasteiger partial charge in [-0.1, -0.05) is 24.3 Å². The standard InChI is InChI=1S/C16H15N3O2/c17-10-9-12-5-7-13(8-6-12)21-11-16(20)19-15-4-2-1-3-14(15)18/h1-8H,9,11,18H2,(H,19,20). The molecule has 0 aliphatic heterocycles. The van der Waals surface area contributed by atoms with Crippen molar-refractivity contribution in [3.05, 3.63) is 54.1 Å². The highest BCUT2D eigenvalue weighted by Gasteiger charge is 2.05. The highest BCUT2D eigenvalue weighted by molar-refractivity contribution is 5.94. The summed E-state index contributed by atoms with van der Waals surface area (Å²) in [7, 11) is 0. The lowest BCUT2D eigenvalue weighted by molar-refractivity contribution is -0.118. The maximum absolute atomic E-state index is 11.8. The molecule has 2 aromatic carbocycles. The Balaban J connectivity index is 1.87. The number of nitriles is 1. The van der Waals surface area contributed by atoms with Crippen molar-refractivity contribution in [3.8, 4) is 11.8 Å². The number of anilines is 2. The first-order valence-electron chi connectivity index (χ1n) is 6.42. The Kier molecular flexibility index (Phi) is 4.78. The third-order valence-corrected chi connectivity index (χ3v) is 2.81. The molecule has 0 unspecified atom stereocenters. The average molecular weight is 281 g/mol. The fraction of sp³-hybridized carbons (Fsp3) is 0.125. The van der Waals surface area contributed by atoms with Crippen LogP contribution >= 0.6 is 0 Å². The third kappa shape index (κ3) is 4.25. The number of carbonyl (C=O) groups is 1. The Bertz CT molecular complexity index is 660. The van der Waals surface area contributed by atoms with Gasteiger partial charge in [0.15, 0.2) is 6.61 Å². The highest BCUT2D eigenvalue weighted by atomic mass is 16.5. The van der Waals surface area contributed by atoms with Crippen LogP contribution in [0, 0.1) is 11.3 Å². The number of hydrogen-bond acceptors (Lipinski definition) is 4. The molecule has 0 saturated heterocycles. The molecule has 0 aromatic heterocycles. The lowest BCUT2D eigenvalue weighted by atomic mass is 10.2. The van der Waals surface area contributed by atoms with Crippen LogP contribution in [-0.2, 0) is 11.2 Å². The monoisotopic (exact) mass is 281 g/mol. The van der Waals surface area contributed by atoms with Gasteiger partial charge < -0.3 is 15.8 Å². The normalized spacial score (nSPS) is 9.67. The van der Waals surface area contributed by atoms with Gasteiger partial charge in [-0.15, -0.1) is 0 Å². The number of rotatable bonds is 5. The molecule has 1 amide bonds. The van der Waals surface area contributed by atoms with Crippen molar-refractivity contribution in [3.63, 3.8) is 0 Å². The molecular formula is C16H15N3O2. The number of carbonyl (C=O) groups excluding carboxylic acids is 1. The summed E-state index contributed by atoms with van der Waals surface area (Å²) in [5.41, 5.74) is 7.72. The van der Waals surface area contributed by atoms with Crippen molar-refractivity contribution in [2.24, 2.45) is 0 Å². The molecule has 0 fully saturated rings. The zero-order valence-electron chi connectivity index (χ0n) is 11.4. The number of para-hydroxylation sites is 2. The van der Waals surface area contributed by atoms with E-state index in [9.17, 15) is 4.79 Å². The molecule has 21 heavy (non-hydrogen) atoms. The zero-order chi connectivity index (χ0) is 15.1. The molecule has 3 N–H and O–H groups in total. The van der Waals surface area contributed by atoms with Crippen LogP contribution in [0.25, 0.3) is 0 Å². The van der Waals surface area contributed by atoms with Gasteiger partial charge in [0.2, 0.25) is 0 Å². The minimum atomic E-state index is -0.283. The van der Waals surface area contributed by atoms with Crippen LogP contribution in [0.3, 0.4) is 0 Å². The smallest absolute Gasteiger partial charge is 0.262 e. The summed E-state index contributed by atoms with van der Waals surface area (Å²) in [5, 5.41) is 11.3. The maximum Gasteiger partial charge on any atom is 0.262 e. The van der Waals surface area contributed by atoms with E-state index in [-0.39, 0.29) is 12.5 Å². The minimum absolute atomic E-state index is 0.105. The number of hydrogen-bond donors (Lipinski definition) is 2. The van der Waals surface area contributed by atoms with Gasteiger partial charge in [-0.25, -0.2) is 0 Å². The maximum atomic E-state index is 11.8. The second-order valence-corrected chi connectivity index (χ2v) is 4.40. The molecule has 0 aliphatic rings. The zero-order valence-corrected chi connectivity index (χ0v) is 11.4. The van der Waals surface area contributed by atoms with Gasteiger partial charge >= 0.3 is 0 Å². The summed E-state index contributed by atoms with van der Waals surface area (Å²) >= 11 is 0. The summed E-state index contributed by atoms with van der Waals surface area (Å²) in [6.45, 7) is -0.105. The molecule has 0 aliphatic carbocycles. The fourth-order valence-electron chi connectivity index (χ4n) is 1.74. The van der Waals surface area contributed by atoms with Crippen molar-refractivity contribution in [2.75, 3.05) is 17.7 Å². The second kappa shape index (κ2) is 6.96. The van der Waals surface area contributed by atoms with Crippen molar-refractivity contribution in [1.82, 2.24) is 0 Å².